The number of nitrogens with two attached hydrogens (primary N) is 1. The number of fused-ring (bicyclic) bond motifs is 1. The molecule has 2 aliphatic rings. The van der Waals surface area contributed by atoms with E-state index >= 15 is 0 Å². The van der Waals surface area contributed by atoms with Crippen LogP contribution < -0.4 is 5.73 Å². The van der Waals surface area contributed by atoms with E-state index in [4.69, 9.17) is 5.73 Å². The normalized spacial score (nSPS) is 34.8. The Morgan fingerprint density at radius 1 is 1.15 bits per heavy atom. The van der Waals surface area contributed by atoms with Crippen molar-refractivity contribution in [1.82, 2.24) is 4.90 Å². The fourth-order valence-electron chi connectivity index (χ4n) is 3.08. The van der Waals surface area contributed by atoms with E-state index in [1.807, 2.05) is 0 Å². The minimum Gasteiger partial charge on any atom is -0.330 e. The largest absolute Gasteiger partial charge is 0.330 e. The predicted octanol–water partition coefficient (Wildman–Crippen LogP) is 1.60. The maximum absolute atomic E-state index is 5.55. The second kappa shape index (κ2) is 4.43. The molecule has 1 aliphatic heterocycles. The van der Waals surface area contributed by atoms with Crippen LogP contribution in [-0.4, -0.2) is 30.6 Å². The summed E-state index contributed by atoms with van der Waals surface area (Å²) in [6, 6.07) is 0.931. The minimum atomic E-state index is 0.855. The fourth-order valence-corrected chi connectivity index (χ4v) is 3.08. The third-order valence-corrected chi connectivity index (χ3v) is 3.77. The number of rotatable bonds is 3. The van der Waals surface area contributed by atoms with Crippen molar-refractivity contribution < 1.29 is 0 Å². The van der Waals surface area contributed by atoms with Crippen LogP contribution in [0.2, 0.25) is 0 Å². The van der Waals surface area contributed by atoms with Crippen LogP contribution in [0.4, 0.5) is 0 Å². The Morgan fingerprint density at radius 2 is 2.00 bits per heavy atom. The molecule has 1 aliphatic carbocycles. The average Bonchev–Trinajstić information content (AvgIpc) is 2.58. The van der Waals surface area contributed by atoms with Crippen LogP contribution in [-0.2, 0) is 0 Å². The molecule has 2 rings (SSSR count). The van der Waals surface area contributed by atoms with Crippen LogP contribution in [0.15, 0.2) is 0 Å². The first-order chi connectivity index (χ1) is 6.42. The van der Waals surface area contributed by atoms with Gasteiger partial charge < -0.3 is 10.6 Å². The van der Waals surface area contributed by atoms with E-state index in [1.165, 1.54) is 51.6 Å². The molecule has 2 heteroatoms. The number of hydrogen-bond acceptors (Lipinski definition) is 2. The molecule has 0 amide bonds. The summed E-state index contributed by atoms with van der Waals surface area (Å²) in [4.78, 5) is 2.69. The summed E-state index contributed by atoms with van der Waals surface area (Å²) in [6.07, 6.45) is 8.52. The topological polar surface area (TPSA) is 29.3 Å². The summed E-state index contributed by atoms with van der Waals surface area (Å²) in [5.74, 6) is 1.03. The van der Waals surface area contributed by atoms with Crippen molar-refractivity contribution >= 4 is 0 Å². The second-order valence-corrected chi connectivity index (χ2v) is 4.58. The Labute approximate surface area is 81.5 Å². The van der Waals surface area contributed by atoms with E-state index in [2.05, 4.69) is 4.90 Å². The highest BCUT2D eigenvalue weighted by molar-refractivity contribution is 4.89. The van der Waals surface area contributed by atoms with Gasteiger partial charge in [0.15, 0.2) is 0 Å². The van der Waals surface area contributed by atoms with E-state index < -0.39 is 0 Å². The lowest BCUT2D eigenvalue weighted by Gasteiger charge is -2.31. The lowest BCUT2D eigenvalue weighted by Crippen LogP contribution is -2.35. The molecule has 1 heterocycles. The molecule has 0 aromatic carbocycles. The quantitative estimate of drug-likeness (QED) is 0.718. The van der Waals surface area contributed by atoms with Crippen LogP contribution in [0.5, 0.6) is 0 Å². The van der Waals surface area contributed by atoms with Crippen LogP contribution in [0, 0.1) is 5.92 Å². The summed E-state index contributed by atoms with van der Waals surface area (Å²) < 4.78 is 0. The molecule has 2 atom stereocenters. The van der Waals surface area contributed by atoms with Crippen molar-refractivity contribution in [1.29, 1.82) is 0 Å². The number of hydrogen-bond donors (Lipinski definition) is 1. The van der Waals surface area contributed by atoms with Crippen LogP contribution >= 0.6 is 0 Å². The van der Waals surface area contributed by atoms with Gasteiger partial charge in [-0.1, -0.05) is 12.8 Å². The zero-order valence-corrected chi connectivity index (χ0v) is 8.54. The molecule has 13 heavy (non-hydrogen) atoms. The summed E-state index contributed by atoms with van der Waals surface area (Å²) in [6.45, 7) is 3.45. The van der Waals surface area contributed by atoms with Gasteiger partial charge in [0.25, 0.3) is 0 Å². The Balaban J connectivity index is 1.84. The van der Waals surface area contributed by atoms with Gasteiger partial charge in [-0.05, 0) is 51.2 Å². The smallest absolute Gasteiger partial charge is 0.0124 e. The van der Waals surface area contributed by atoms with Gasteiger partial charge in [0.05, 0.1) is 0 Å². The highest BCUT2D eigenvalue weighted by Crippen LogP contribution is 2.35. The van der Waals surface area contributed by atoms with Crippen molar-refractivity contribution in [2.24, 2.45) is 11.7 Å². The third kappa shape index (κ3) is 2.05. The number of likely N-dealkylation sites (tertiary alicyclic amines) is 1. The van der Waals surface area contributed by atoms with E-state index in [0.29, 0.717) is 0 Å². The Morgan fingerprint density at radius 3 is 2.85 bits per heavy atom. The lowest BCUT2D eigenvalue weighted by molar-refractivity contribution is 0.182. The molecule has 0 bridgehead atoms. The molecule has 1 saturated heterocycles. The molecule has 0 aromatic rings. The van der Waals surface area contributed by atoms with Crippen molar-refractivity contribution in [2.75, 3.05) is 19.6 Å². The molecule has 2 fully saturated rings. The van der Waals surface area contributed by atoms with E-state index in [9.17, 15) is 0 Å². The average molecular weight is 182 g/mol. The summed E-state index contributed by atoms with van der Waals surface area (Å²) >= 11 is 0. The zero-order chi connectivity index (χ0) is 9.10. The van der Waals surface area contributed by atoms with E-state index in [1.54, 1.807) is 0 Å². The molecule has 1 saturated carbocycles. The predicted molar refractivity (Wildman–Crippen MR) is 55.6 cm³/mol. The van der Waals surface area contributed by atoms with Gasteiger partial charge in [0.1, 0.15) is 0 Å². The molecule has 0 spiro atoms. The first kappa shape index (κ1) is 9.47. The molecular formula is C11H22N2. The Kier molecular flexibility index (Phi) is 3.23. The first-order valence-corrected chi connectivity index (χ1v) is 5.86. The zero-order valence-electron chi connectivity index (χ0n) is 8.54. The van der Waals surface area contributed by atoms with Gasteiger partial charge in [-0.3, -0.25) is 0 Å². The van der Waals surface area contributed by atoms with Gasteiger partial charge in [0, 0.05) is 6.04 Å². The van der Waals surface area contributed by atoms with Crippen molar-refractivity contribution in [3.05, 3.63) is 0 Å². The lowest BCUT2D eigenvalue weighted by atomic mass is 9.85. The first-order valence-electron chi connectivity index (χ1n) is 5.86. The Hall–Kier alpha value is -0.0800. The molecule has 2 nitrogen and oxygen atoms in total. The van der Waals surface area contributed by atoms with Gasteiger partial charge in [-0.25, -0.2) is 0 Å². The number of nitrogens with zero attached hydrogens (tertiary/aromatic N) is 1. The second-order valence-electron chi connectivity index (χ2n) is 4.58. The van der Waals surface area contributed by atoms with Gasteiger partial charge in [0.2, 0.25) is 0 Å². The van der Waals surface area contributed by atoms with E-state index in [-0.39, 0.29) is 0 Å². The van der Waals surface area contributed by atoms with E-state index in [0.717, 1.165) is 18.5 Å². The van der Waals surface area contributed by atoms with Crippen LogP contribution in [0.1, 0.15) is 38.5 Å². The molecule has 0 radical (unpaired) electrons. The molecule has 0 aromatic heterocycles. The SMILES string of the molecule is NCCCN1CC[C@@H]2CCCC[C@@H]21. The highest BCUT2D eigenvalue weighted by atomic mass is 15.2. The molecule has 2 N–H and O–H groups in total. The van der Waals surface area contributed by atoms with Gasteiger partial charge in [-0.2, -0.15) is 0 Å². The monoisotopic (exact) mass is 182 g/mol. The maximum atomic E-state index is 5.55. The van der Waals surface area contributed by atoms with Crippen molar-refractivity contribution in [2.45, 2.75) is 44.6 Å². The van der Waals surface area contributed by atoms with Crippen LogP contribution in [0.3, 0.4) is 0 Å². The summed E-state index contributed by atoms with van der Waals surface area (Å²) in [7, 11) is 0. The maximum Gasteiger partial charge on any atom is 0.0124 e. The third-order valence-electron chi connectivity index (χ3n) is 3.77. The minimum absolute atomic E-state index is 0.855. The highest BCUT2D eigenvalue weighted by Gasteiger charge is 2.34. The Bertz CT molecular complexity index is 158. The van der Waals surface area contributed by atoms with Gasteiger partial charge >= 0.3 is 0 Å². The summed E-state index contributed by atoms with van der Waals surface area (Å²) in [5.41, 5.74) is 5.55. The fraction of sp³-hybridized carbons (Fsp3) is 1.00. The van der Waals surface area contributed by atoms with Crippen molar-refractivity contribution in [3.63, 3.8) is 0 Å². The molecule has 0 unspecified atom stereocenters. The molecular weight excluding hydrogens is 160 g/mol. The summed E-state index contributed by atoms with van der Waals surface area (Å²) in [5, 5.41) is 0. The molecule has 76 valence electrons. The standard InChI is InChI=1S/C11H22N2/c12-7-3-8-13-9-6-10-4-1-2-5-11(10)13/h10-11H,1-9,12H2/t10-,11-/m0/s1. The van der Waals surface area contributed by atoms with Crippen LogP contribution in [0.25, 0.3) is 0 Å². The van der Waals surface area contributed by atoms with Crippen molar-refractivity contribution in [3.8, 4) is 0 Å². The van der Waals surface area contributed by atoms with Gasteiger partial charge in [-0.15, -0.1) is 0 Å².